The zero-order valence-corrected chi connectivity index (χ0v) is 10.1. The molecule has 94 valence electrons. The van der Waals surface area contributed by atoms with Gasteiger partial charge in [0.25, 0.3) is 0 Å². The van der Waals surface area contributed by atoms with Gasteiger partial charge in [0.05, 0.1) is 12.6 Å². The predicted octanol–water partition coefficient (Wildman–Crippen LogP) is 0.573. The first-order valence-electron chi connectivity index (χ1n) is 5.80. The molecule has 1 amide bonds. The summed E-state index contributed by atoms with van der Waals surface area (Å²) in [5, 5.41) is 3.00. The van der Waals surface area contributed by atoms with Gasteiger partial charge in [0.1, 0.15) is 0 Å². The molecular formula is C11H22N2O3. The minimum absolute atomic E-state index is 0.227. The lowest BCUT2D eigenvalue weighted by Gasteiger charge is -2.14. The second-order valence-corrected chi connectivity index (χ2v) is 3.67. The van der Waals surface area contributed by atoms with Crippen molar-refractivity contribution in [1.29, 1.82) is 0 Å². The smallest absolute Gasteiger partial charge is 0.305 e. The van der Waals surface area contributed by atoms with Gasteiger partial charge in [0.2, 0.25) is 5.91 Å². The maximum absolute atomic E-state index is 11.2. The molecular weight excluding hydrogens is 208 g/mol. The molecule has 0 aliphatic carbocycles. The molecule has 0 aromatic heterocycles. The van der Waals surface area contributed by atoms with E-state index in [9.17, 15) is 9.59 Å². The highest BCUT2D eigenvalue weighted by molar-refractivity contribution is 5.80. The van der Waals surface area contributed by atoms with E-state index in [1.54, 1.807) is 0 Å². The average Bonchev–Trinajstić information content (AvgIpc) is 2.25. The fourth-order valence-electron chi connectivity index (χ4n) is 1.21. The molecule has 0 saturated carbocycles. The largest absolute Gasteiger partial charge is 0.466 e. The molecule has 16 heavy (non-hydrogen) atoms. The Bertz CT molecular complexity index is 219. The van der Waals surface area contributed by atoms with Crippen molar-refractivity contribution in [2.45, 2.75) is 45.6 Å². The van der Waals surface area contributed by atoms with Crippen LogP contribution in [0.1, 0.15) is 39.5 Å². The second kappa shape index (κ2) is 9.15. The molecule has 0 radical (unpaired) electrons. The van der Waals surface area contributed by atoms with Crippen LogP contribution in [0.4, 0.5) is 0 Å². The summed E-state index contributed by atoms with van der Waals surface area (Å²) in [4.78, 5) is 22.2. The van der Waals surface area contributed by atoms with Crippen LogP contribution in [0.15, 0.2) is 0 Å². The van der Waals surface area contributed by atoms with Crippen molar-refractivity contribution in [2.75, 3.05) is 13.2 Å². The molecule has 0 aromatic rings. The summed E-state index contributed by atoms with van der Waals surface area (Å²) in [6.07, 6.45) is 2.35. The van der Waals surface area contributed by atoms with E-state index in [1.807, 2.05) is 13.8 Å². The van der Waals surface area contributed by atoms with Crippen molar-refractivity contribution >= 4 is 11.9 Å². The Labute approximate surface area is 96.7 Å². The summed E-state index contributed by atoms with van der Waals surface area (Å²) in [6.45, 7) is 5.09. The molecule has 0 aliphatic rings. The molecule has 0 bridgehead atoms. The predicted molar refractivity (Wildman–Crippen MR) is 61.8 cm³/mol. The van der Waals surface area contributed by atoms with Crippen molar-refractivity contribution in [3.63, 3.8) is 0 Å². The Balaban J connectivity index is 3.82. The van der Waals surface area contributed by atoms with Gasteiger partial charge >= 0.3 is 5.97 Å². The number of carbonyl (C=O) groups is 2. The van der Waals surface area contributed by atoms with E-state index < -0.39 is 11.9 Å². The van der Waals surface area contributed by atoms with Crippen LogP contribution >= 0.6 is 0 Å². The molecule has 0 fully saturated rings. The highest BCUT2D eigenvalue weighted by Crippen LogP contribution is 2.00. The van der Waals surface area contributed by atoms with Crippen LogP contribution in [0.25, 0.3) is 0 Å². The van der Waals surface area contributed by atoms with Crippen LogP contribution in [0.3, 0.4) is 0 Å². The van der Waals surface area contributed by atoms with E-state index in [2.05, 4.69) is 5.32 Å². The summed E-state index contributed by atoms with van der Waals surface area (Å²) in [7, 11) is 0. The first-order valence-corrected chi connectivity index (χ1v) is 5.80. The van der Waals surface area contributed by atoms with E-state index in [1.165, 1.54) is 0 Å². The molecule has 0 unspecified atom stereocenters. The van der Waals surface area contributed by atoms with Crippen molar-refractivity contribution in [3.8, 4) is 0 Å². The molecule has 0 rings (SSSR count). The Morgan fingerprint density at radius 1 is 1.31 bits per heavy atom. The quantitative estimate of drug-likeness (QED) is 0.567. The molecule has 0 spiro atoms. The SMILES string of the molecule is CCCN[C@H](CCC(=O)OCCC)C(N)=O. The normalized spacial score (nSPS) is 12.1. The number of ether oxygens (including phenoxy) is 1. The van der Waals surface area contributed by atoms with Gasteiger partial charge in [0, 0.05) is 6.42 Å². The van der Waals surface area contributed by atoms with E-state index in [0.717, 1.165) is 19.4 Å². The summed E-state index contributed by atoms with van der Waals surface area (Å²) >= 11 is 0. The minimum Gasteiger partial charge on any atom is -0.466 e. The number of hydrogen-bond acceptors (Lipinski definition) is 4. The first-order chi connectivity index (χ1) is 7.61. The Morgan fingerprint density at radius 2 is 2.00 bits per heavy atom. The third-order valence-electron chi connectivity index (χ3n) is 2.09. The van der Waals surface area contributed by atoms with Crippen LogP contribution in [-0.2, 0) is 14.3 Å². The maximum atomic E-state index is 11.2. The number of hydrogen-bond donors (Lipinski definition) is 2. The highest BCUT2D eigenvalue weighted by Gasteiger charge is 2.16. The van der Waals surface area contributed by atoms with Crippen LogP contribution in [0.5, 0.6) is 0 Å². The van der Waals surface area contributed by atoms with Crippen molar-refractivity contribution < 1.29 is 14.3 Å². The highest BCUT2D eigenvalue weighted by atomic mass is 16.5. The minimum atomic E-state index is -0.436. The van der Waals surface area contributed by atoms with Crippen molar-refractivity contribution in [1.82, 2.24) is 5.32 Å². The van der Waals surface area contributed by atoms with Crippen LogP contribution in [0, 0.1) is 0 Å². The van der Waals surface area contributed by atoms with Gasteiger partial charge in [-0.15, -0.1) is 0 Å². The third-order valence-corrected chi connectivity index (χ3v) is 2.09. The number of rotatable bonds is 9. The molecule has 5 nitrogen and oxygen atoms in total. The molecule has 5 heteroatoms. The van der Waals surface area contributed by atoms with Gasteiger partial charge in [-0.05, 0) is 25.8 Å². The Kier molecular flexibility index (Phi) is 8.52. The first kappa shape index (κ1) is 14.9. The molecule has 1 atom stereocenters. The fourth-order valence-corrected chi connectivity index (χ4v) is 1.21. The summed E-state index contributed by atoms with van der Waals surface area (Å²) < 4.78 is 4.91. The number of amides is 1. The topological polar surface area (TPSA) is 81.4 Å². The van der Waals surface area contributed by atoms with E-state index >= 15 is 0 Å². The fraction of sp³-hybridized carbons (Fsp3) is 0.818. The summed E-state index contributed by atoms with van der Waals surface area (Å²) in [5.74, 6) is -0.692. The average molecular weight is 230 g/mol. The number of esters is 1. The van der Waals surface area contributed by atoms with Crippen LogP contribution in [-0.4, -0.2) is 31.1 Å². The third kappa shape index (κ3) is 7.23. The Hall–Kier alpha value is -1.10. The number of nitrogens with one attached hydrogen (secondary N) is 1. The number of carbonyl (C=O) groups excluding carboxylic acids is 2. The van der Waals surface area contributed by atoms with E-state index in [4.69, 9.17) is 10.5 Å². The lowest BCUT2D eigenvalue weighted by molar-refractivity contribution is -0.143. The number of primary amides is 1. The van der Waals surface area contributed by atoms with Gasteiger partial charge in [-0.25, -0.2) is 0 Å². The molecule has 3 N–H and O–H groups in total. The van der Waals surface area contributed by atoms with E-state index in [-0.39, 0.29) is 12.4 Å². The molecule has 0 aliphatic heterocycles. The molecule has 0 aromatic carbocycles. The zero-order chi connectivity index (χ0) is 12.4. The summed E-state index contributed by atoms with van der Waals surface area (Å²) in [5.41, 5.74) is 5.21. The van der Waals surface area contributed by atoms with Gasteiger partial charge in [-0.3, -0.25) is 9.59 Å². The summed E-state index contributed by atoms with van der Waals surface area (Å²) in [6, 6.07) is -0.436. The maximum Gasteiger partial charge on any atom is 0.305 e. The van der Waals surface area contributed by atoms with Gasteiger partial charge in [0.15, 0.2) is 0 Å². The zero-order valence-electron chi connectivity index (χ0n) is 10.1. The van der Waals surface area contributed by atoms with Gasteiger partial charge in [-0.1, -0.05) is 13.8 Å². The van der Waals surface area contributed by atoms with Gasteiger partial charge in [-0.2, -0.15) is 0 Å². The molecule has 0 saturated heterocycles. The van der Waals surface area contributed by atoms with Gasteiger partial charge < -0.3 is 15.8 Å². The van der Waals surface area contributed by atoms with Crippen molar-refractivity contribution in [2.24, 2.45) is 5.73 Å². The molecule has 0 heterocycles. The van der Waals surface area contributed by atoms with E-state index in [0.29, 0.717) is 13.0 Å². The standard InChI is InChI=1S/C11H22N2O3/c1-3-7-13-9(11(12)15)5-6-10(14)16-8-4-2/h9,13H,3-8H2,1-2H3,(H2,12,15)/t9-/m1/s1. The second-order valence-electron chi connectivity index (χ2n) is 3.67. The lowest BCUT2D eigenvalue weighted by atomic mass is 10.1. The monoisotopic (exact) mass is 230 g/mol. The Morgan fingerprint density at radius 3 is 2.50 bits per heavy atom. The van der Waals surface area contributed by atoms with Crippen molar-refractivity contribution in [3.05, 3.63) is 0 Å². The number of nitrogens with two attached hydrogens (primary N) is 1. The van der Waals surface area contributed by atoms with Crippen LogP contribution in [0.2, 0.25) is 0 Å². The lowest BCUT2D eigenvalue weighted by Crippen LogP contribution is -2.41. The van der Waals surface area contributed by atoms with Crippen LogP contribution < -0.4 is 11.1 Å².